The van der Waals surface area contributed by atoms with Crippen LogP contribution in [-0.4, -0.2) is 55.7 Å². The quantitative estimate of drug-likeness (QED) is 0.671. The van der Waals surface area contributed by atoms with E-state index >= 15 is 0 Å². The fraction of sp³-hybridized carbons (Fsp3) is 0.600. The van der Waals surface area contributed by atoms with E-state index in [0.29, 0.717) is 37.4 Å². The molecular weight excluding hydrogens is 368 g/mol. The molecule has 0 aromatic heterocycles. The third-order valence-corrected chi connectivity index (χ3v) is 5.17. The van der Waals surface area contributed by atoms with E-state index in [1.807, 2.05) is 31.1 Å². The smallest absolute Gasteiger partial charge is 0.307 e. The standard InChI is InChI=1S/C20H29ClN2O4/c1-23(2)11-12-27-18-8-7-15(21)13-14(18)9-10-22-19(24)16-5-3-4-6-17(16)20(25)26/h7-8,13,16-17H,3-6,9-12H2,1-2H3,(H,22,24)(H,25,26). The van der Waals surface area contributed by atoms with Crippen molar-refractivity contribution in [3.8, 4) is 5.75 Å². The molecule has 0 aliphatic heterocycles. The Morgan fingerprint density at radius 1 is 1.26 bits per heavy atom. The molecule has 1 aromatic rings. The summed E-state index contributed by atoms with van der Waals surface area (Å²) in [5.41, 5.74) is 0.931. The molecule has 0 bridgehead atoms. The molecule has 0 heterocycles. The molecule has 7 heteroatoms. The van der Waals surface area contributed by atoms with E-state index in [4.69, 9.17) is 16.3 Å². The van der Waals surface area contributed by atoms with Gasteiger partial charge in [0.25, 0.3) is 0 Å². The van der Waals surface area contributed by atoms with Crippen molar-refractivity contribution >= 4 is 23.5 Å². The minimum atomic E-state index is -0.874. The molecule has 0 spiro atoms. The summed E-state index contributed by atoms with van der Waals surface area (Å²) in [6.45, 7) is 1.79. The van der Waals surface area contributed by atoms with Crippen LogP contribution in [0.25, 0.3) is 0 Å². The number of halogens is 1. The number of benzene rings is 1. The minimum Gasteiger partial charge on any atom is -0.492 e. The van der Waals surface area contributed by atoms with Crippen molar-refractivity contribution in [3.63, 3.8) is 0 Å². The summed E-state index contributed by atoms with van der Waals surface area (Å²) in [5.74, 6) is -1.29. The van der Waals surface area contributed by atoms with Crippen molar-refractivity contribution in [1.82, 2.24) is 10.2 Å². The summed E-state index contributed by atoms with van der Waals surface area (Å²) >= 11 is 6.10. The molecule has 1 aliphatic carbocycles. The number of ether oxygens (including phenoxy) is 1. The Morgan fingerprint density at radius 2 is 1.96 bits per heavy atom. The molecule has 2 rings (SSSR count). The lowest BCUT2D eigenvalue weighted by Crippen LogP contribution is -2.40. The molecule has 27 heavy (non-hydrogen) atoms. The molecule has 1 aliphatic rings. The SMILES string of the molecule is CN(C)CCOc1ccc(Cl)cc1CCNC(=O)C1CCCCC1C(=O)O. The Morgan fingerprint density at radius 3 is 2.63 bits per heavy atom. The molecule has 6 nitrogen and oxygen atoms in total. The van der Waals surface area contributed by atoms with E-state index < -0.39 is 17.8 Å². The van der Waals surface area contributed by atoms with Crippen LogP contribution in [0.1, 0.15) is 31.2 Å². The maximum absolute atomic E-state index is 12.5. The number of hydrogen-bond donors (Lipinski definition) is 2. The van der Waals surface area contributed by atoms with Crippen molar-refractivity contribution in [3.05, 3.63) is 28.8 Å². The number of hydrogen-bond acceptors (Lipinski definition) is 4. The number of carbonyl (C=O) groups excluding carboxylic acids is 1. The summed E-state index contributed by atoms with van der Waals surface area (Å²) in [5, 5.41) is 12.9. The van der Waals surface area contributed by atoms with Crippen molar-refractivity contribution in [2.24, 2.45) is 11.8 Å². The van der Waals surface area contributed by atoms with Gasteiger partial charge in [-0.2, -0.15) is 0 Å². The van der Waals surface area contributed by atoms with Gasteiger partial charge in [0, 0.05) is 18.1 Å². The second kappa shape index (κ2) is 10.5. The lowest BCUT2D eigenvalue weighted by Gasteiger charge is -2.27. The number of carboxylic acids is 1. The Hall–Kier alpha value is -1.79. The average molecular weight is 397 g/mol. The lowest BCUT2D eigenvalue weighted by molar-refractivity contribution is -0.148. The van der Waals surface area contributed by atoms with Gasteiger partial charge in [-0.05, 0) is 57.1 Å². The van der Waals surface area contributed by atoms with Gasteiger partial charge >= 0.3 is 5.97 Å². The maximum atomic E-state index is 12.5. The third kappa shape index (κ3) is 6.70. The van der Waals surface area contributed by atoms with Gasteiger partial charge in [0.05, 0.1) is 11.8 Å². The molecule has 1 fully saturated rings. The number of amides is 1. The number of rotatable bonds is 9. The summed E-state index contributed by atoms with van der Waals surface area (Å²) in [6.07, 6.45) is 3.56. The zero-order chi connectivity index (χ0) is 19.8. The largest absolute Gasteiger partial charge is 0.492 e. The molecular formula is C20H29ClN2O4. The highest BCUT2D eigenvalue weighted by molar-refractivity contribution is 6.30. The normalized spacial score (nSPS) is 19.7. The third-order valence-electron chi connectivity index (χ3n) is 4.93. The van der Waals surface area contributed by atoms with Crippen LogP contribution in [0.15, 0.2) is 18.2 Å². The predicted molar refractivity (Wildman–Crippen MR) is 105 cm³/mol. The van der Waals surface area contributed by atoms with Crippen LogP contribution in [0.2, 0.25) is 5.02 Å². The lowest BCUT2D eigenvalue weighted by atomic mass is 9.78. The predicted octanol–water partition coefficient (Wildman–Crippen LogP) is 2.83. The first-order valence-corrected chi connectivity index (χ1v) is 9.82. The molecule has 0 radical (unpaired) electrons. The van der Waals surface area contributed by atoms with Gasteiger partial charge in [-0.3, -0.25) is 9.59 Å². The second-order valence-corrected chi connectivity index (χ2v) is 7.72. The van der Waals surface area contributed by atoms with Crippen molar-refractivity contribution in [1.29, 1.82) is 0 Å². The highest BCUT2D eigenvalue weighted by Gasteiger charge is 2.35. The first-order chi connectivity index (χ1) is 12.9. The first-order valence-electron chi connectivity index (χ1n) is 9.45. The molecule has 150 valence electrons. The molecule has 0 saturated heterocycles. The number of carboxylic acid groups (broad SMARTS) is 1. The number of nitrogens with zero attached hydrogens (tertiary/aromatic N) is 1. The van der Waals surface area contributed by atoms with Gasteiger partial charge in [0.2, 0.25) is 5.91 Å². The summed E-state index contributed by atoms with van der Waals surface area (Å²) in [6, 6.07) is 5.48. The number of nitrogens with one attached hydrogen (secondary N) is 1. The molecule has 1 amide bonds. The number of aliphatic carboxylic acids is 1. The Balaban J connectivity index is 1.90. The van der Waals surface area contributed by atoms with E-state index in [0.717, 1.165) is 30.7 Å². The van der Waals surface area contributed by atoms with Crippen molar-refractivity contribution in [2.75, 3.05) is 33.8 Å². The fourth-order valence-electron chi connectivity index (χ4n) is 3.41. The van der Waals surface area contributed by atoms with Crippen LogP contribution in [0, 0.1) is 11.8 Å². The average Bonchev–Trinajstić information content (AvgIpc) is 2.63. The van der Waals surface area contributed by atoms with Crippen LogP contribution in [0.3, 0.4) is 0 Å². The van der Waals surface area contributed by atoms with E-state index in [-0.39, 0.29) is 5.91 Å². The van der Waals surface area contributed by atoms with Gasteiger partial charge in [0.15, 0.2) is 0 Å². The summed E-state index contributed by atoms with van der Waals surface area (Å²) in [4.78, 5) is 25.9. The Labute approximate surface area is 165 Å². The van der Waals surface area contributed by atoms with Crippen LogP contribution < -0.4 is 10.1 Å². The summed E-state index contributed by atoms with van der Waals surface area (Å²) in [7, 11) is 3.97. The maximum Gasteiger partial charge on any atom is 0.307 e. The topological polar surface area (TPSA) is 78.9 Å². The monoisotopic (exact) mass is 396 g/mol. The van der Waals surface area contributed by atoms with Crippen LogP contribution in [0.4, 0.5) is 0 Å². The highest BCUT2D eigenvalue weighted by atomic mass is 35.5. The molecule has 1 saturated carbocycles. The van der Waals surface area contributed by atoms with Gasteiger partial charge < -0.3 is 20.1 Å². The zero-order valence-corrected chi connectivity index (χ0v) is 16.8. The number of likely N-dealkylation sites (N-methyl/N-ethyl adjacent to an activating group) is 1. The van der Waals surface area contributed by atoms with Crippen LogP contribution >= 0.6 is 11.6 Å². The molecule has 2 N–H and O–H groups in total. The number of carbonyl (C=O) groups is 2. The fourth-order valence-corrected chi connectivity index (χ4v) is 3.61. The molecule has 2 unspecified atom stereocenters. The van der Waals surface area contributed by atoms with E-state index in [2.05, 4.69) is 5.32 Å². The van der Waals surface area contributed by atoms with Crippen LogP contribution in [-0.2, 0) is 16.0 Å². The highest BCUT2D eigenvalue weighted by Crippen LogP contribution is 2.30. The van der Waals surface area contributed by atoms with Crippen molar-refractivity contribution < 1.29 is 19.4 Å². The zero-order valence-electron chi connectivity index (χ0n) is 16.0. The minimum absolute atomic E-state index is 0.167. The van der Waals surface area contributed by atoms with Crippen molar-refractivity contribution in [2.45, 2.75) is 32.1 Å². The van der Waals surface area contributed by atoms with Crippen LogP contribution in [0.5, 0.6) is 5.75 Å². The Kier molecular flexibility index (Phi) is 8.38. The van der Waals surface area contributed by atoms with Gasteiger partial charge in [-0.15, -0.1) is 0 Å². The first kappa shape index (κ1) is 21.5. The Bertz CT molecular complexity index is 651. The van der Waals surface area contributed by atoms with E-state index in [1.54, 1.807) is 6.07 Å². The van der Waals surface area contributed by atoms with Gasteiger partial charge in [-0.25, -0.2) is 0 Å². The van der Waals surface area contributed by atoms with E-state index in [1.165, 1.54) is 0 Å². The summed E-state index contributed by atoms with van der Waals surface area (Å²) < 4.78 is 5.83. The second-order valence-electron chi connectivity index (χ2n) is 7.28. The van der Waals surface area contributed by atoms with E-state index in [9.17, 15) is 14.7 Å². The van der Waals surface area contributed by atoms with Gasteiger partial charge in [0.1, 0.15) is 12.4 Å². The molecule has 2 atom stereocenters. The molecule has 1 aromatic carbocycles. The van der Waals surface area contributed by atoms with Gasteiger partial charge in [-0.1, -0.05) is 24.4 Å².